The molecule has 3 rings (SSSR count). The van der Waals surface area contributed by atoms with Gasteiger partial charge in [0.1, 0.15) is 0 Å². The Morgan fingerprint density at radius 1 is 0.760 bits per heavy atom. The smallest absolute Gasteiger partial charge is 0.159 e. The molecule has 0 spiro atoms. The highest BCUT2D eigenvalue weighted by Gasteiger charge is 2.18. The molecule has 0 saturated carbocycles. The van der Waals surface area contributed by atoms with Crippen molar-refractivity contribution >= 4 is 5.69 Å². The van der Waals surface area contributed by atoms with E-state index in [-0.39, 0.29) is 12.1 Å². The minimum atomic E-state index is -0.841. The third kappa shape index (κ3) is 4.03. The van der Waals surface area contributed by atoms with Crippen molar-refractivity contribution in [3.63, 3.8) is 0 Å². The average molecular weight is 338 g/mol. The van der Waals surface area contributed by atoms with Gasteiger partial charge in [0.25, 0.3) is 0 Å². The van der Waals surface area contributed by atoms with Crippen LogP contribution in [0.25, 0.3) is 0 Å². The third-order valence-corrected chi connectivity index (χ3v) is 4.24. The number of nitrogens with one attached hydrogen (secondary N) is 1. The number of benzene rings is 3. The zero-order chi connectivity index (χ0) is 17.8. The molecular formula is C21H20F2N2. The minimum Gasteiger partial charge on any atom is -0.399 e. The van der Waals surface area contributed by atoms with Gasteiger partial charge in [0, 0.05) is 11.7 Å². The van der Waals surface area contributed by atoms with Gasteiger partial charge in [-0.15, -0.1) is 0 Å². The van der Waals surface area contributed by atoms with Gasteiger partial charge in [-0.05, 0) is 47.9 Å². The molecule has 3 N–H and O–H groups in total. The van der Waals surface area contributed by atoms with Gasteiger partial charge in [-0.2, -0.15) is 0 Å². The number of hydrogen-bond acceptors (Lipinski definition) is 2. The summed E-state index contributed by atoms with van der Waals surface area (Å²) in [7, 11) is 0. The Labute approximate surface area is 146 Å². The van der Waals surface area contributed by atoms with Crippen molar-refractivity contribution in [2.24, 2.45) is 0 Å². The molecule has 0 amide bonds. The summed E-state index contributed by atoms with van der Waals surface area (Å²) in [5, 5.41) is 3.50. The third-order valence-electron chi connectivity index (χ3n) is 4.24. The molecule has 0 aromatic heterocycles. The predicted molar refractivity (Wildman–Crippen MR) is 97.0 cm³/mol. The normalized spacial score (nSPS) is 13.4. The molecule has 0 aliphatic rings. The van der Waals surface area contributed by atoms with E-state index in [1.165, 1.54) is 6.07 Å². The van der Waals surface area contributed by atoms with E-state index < -0.39 is 11.6 Å². The molecule has 3 aromatic rings. The fourth-order valence-corrected chi connectivity index (χ4v) is 2.90. The van der Waals surface area contributed by atoms with Gasteiger partial charge in [0.2, 0.25) is 0 Å². The zero-order valence-corrected chi connectivity index (χ0v) is 13.9. The molecule has 0 aliphatic heterocycles. The van der Waals surface area contributed by atoms with Crippen LogP contribution < -0.4 is 11.1 Å². The van der Waals surface area contributed by atoms with Crippen LogP contribution in [-0.2, 0) is 0 Å². The monoisotopic (exact) mass is 338 g/mol. The largest absolute Gasteiger partial charge is 0.399 e. The number of nitrogen functional groups attached to an aromatic ring is 1. The van der Waals surface area contributed by atoms with Crippen molar-refractivity contribution in [2.45, 2.75) is 19.0 Å². The van der Waals surface area contributed by atoms with Crippen LogP contribution in [0.5, 0.6) is 0 Å². The van der Waals surface area contributed by atoms with Crippen molar-refractivity contribution in [1.82, 2.24) is 5.32 Å². The SMILES string of the molecule is C[C@@H](NC(c1ccccc1)c1cccc(N)c1)c1ccc(F)c(F)c1. The minimum absolute atomic E-state index is 0.118. The fraction of sp³-hybridized carbons (Fsp3) is 0.143. The Morgan fingerprint density at radius 2 is 1.48 bits per heavy atom. The lowest BCUT2D eigenvalue weighted by molar-refractivity contribution is 0.490. The van der Waals surface area contributed by atoms with Gasteiger partial charge in [-0.25, -0.2) is 8.78 Å². The summed E-state index contributed by atoms with van der Waals surface area (Å²) in [4.78, 5) is 0. The van der Waals surface area contributed by atoms with E-state index in [1.807, 2.05) is 61.5 Å². The second-order valence-corrected chi connectivity index (χ2v) is 6.08. The first-order chi connectivity index (χ1) is 12.0. The summed E-state index contributed by atoms with van der Waals surface area (Å²) in [5.74, 6) is -1.68. The summed E-state index contributed by atoms with van der Waals surface area (Å²) >= 11 is 0. The highest BCUT2D eigenvalue weighted by atomic mass is 19.2. The van der Waals surface area contributed by atoms with E-state index in [1.54, 1.807) is 6.07 Å². The Morgan fingerprint density at radius 3 is 2.16 bits per heavy atom. The molecule has 0 radical (unpaired) electrons. The Bertz CT molecular complexity index is 850. The zero-order valence-electron chi connectivity index (χ0n) is 13.9. The summed E-state index contributed by atoms with van der Waals surface area (Å²) < 4.78 is 26.7. The summed E-state index contributed by atoms with van der Waals surface area (Å²) in [6, 6.07) is 21.3. The van der Waals surface area contributed by atoms with E-state index in [0.717, 1.165) is 17.2 Å². The van der Waals surface area contributed by atoms with Crippen molar-refractivity contribution in [1.29, 1.82) is 0 Å². The molecule has 4 heteroatoms. The first-order valence-electron chi connectivity index (χ1n) is 8.16. The van der Waals surface area contributed by atoms with Crippen LogP contribution in [0.3, 0.4) is 0 Å². The van der Waals surface area contributed by atoms with Gasteiger partial charge in [-0.1, -0.05) is 48.5 Å². The first kappa shape index (κ1) is 17.1. The topological polar surface area (TPSA) is 38.0 Å². The van der Waals surface area contributed by atoms with Gasteiger partial charge in [-0.3, -0.25) is 5.32 Å². The molecule has 0 aliphatic carbocycles. The van der Waals surface area contributed by atoms with E-state index in [4.69, 9.17) is 5.73 Å². The maximum Gasteiger partial charge on any atom is 0.159 e. The number of nitrogens with two attached hydrogens (primary N) is 1. The van der Waals surface area contributed by atoms with Crippen molar-refractivity contribution in [2.75, 3.05) is 5.73 Å². The maximum absolute atomic E-state index is 13.6. The van der Waals surface area contributed by atoms with Crippen LogP contribution in [0, 0.1) is 11.6 Å². The van der Waals surface area contributed by atoms with Gasteiger partial charge >= 0.3 is 0 Å². The Kier molecular flexibility index (Phi) is 5.10. The van der Waals surface area contributed by atoms with Gasteiger partial charge < -0.3 is 5.73 Å². The number of halogens is 2. The van der Waals surface area contributed by atoms with Crippen molar-refractivity contribution < 1.29 is 8.78 Å². The lowest BCUT2D eigenvalue weighted by Gasteiger charge is -2.25. The van der Waals surface area contributed by atoms with Crippen molar-refractivity contribution in [3.8, 4) is 0 Å². The van der Waals surface area contributed by atoms with Crippen molar-refractivity contribution in [3.05, 3.63) is 101 Å². The molecule has 0 fully saturated rings. The average Bonchev–Trinajstić information content (AvgIpc) is 2.62. The standard InChI is InChI=1S/C21H20F2N2/c1-14(16-10-11-19(22)20(23)13-16)25-21(15-6-3-2-4-7-15)17-8-5-9-18(24)12-17/h2-14,21,25H,24H2,1H3/t14-,21?/m1/s1. The second-order valence-electron chi connectivity index (χ2n) is 6.08. The Balaban J connectivity index is 1.93. The second kappa shape index (κ2) is 7.45. The highest BCUT2D eigenvalue weighted by molar-refractivity contribution is 5.44. The van der Waals surface area contributed by atoms with E-state index >= 15 is 0 Å². The number of hydrogen-bond donors (Lipinski definition) is 2. The summed E-state index contributed by atoms with van der Waals surface area (Å²) in [6.07, 6.45) is 0. The number of rotatable bonds is 5. The van der Waals surface area contributed by atoms with Crippen LogP contribution in [0.4, 0.5) is 14.5 Å². The maximum atomic E-state index is 13.6. The summed E-state index contributed by atoms with van der Waals surface area (Å²) in [6.45, 7) is 1.93. The van der Waals surface area contributed by atoms with Crippen LogP contribution in [0.1, 0.15) is 35.7 Å². The molecule has 0 bridgehead atoms. The van der Waals surface area contributed by atoms with Crippen LogP contribution >= 0.6 is 0 Å². The van der Waals surface area contributed by atoms with Crippen LogP contribution in [0.2, 0.25) is 0 Å². The molecule has 1 unspecified atom stereocenters. The molecule has 2 nitrogen and oxygen atoms in total. The van der Waals surface area contributed by atoms with Gasteiger partial charge in [0.15, 0.2) is 11.6 Å². The van der Waals surface area contributed by atoms with Crippen LogP contribution in [-0.4, -0.2) is 0 Å². The molecule has 3 aromatic carbocycles. The first-order valence-corrected chi connectivity index (χ1v) is 8.16. The molecule has 2 atom stereocenters. The molecule has 0 heterocycles. The number of anilines is 1. The van der Waals surface area contributed by atoms with E-state index in [9.17, 15) is 8.78 Å². The predicted octanol–water partition coefficient (Wildman–Crippen LogP) is 4.99. The molecule has 128 valence electrons. The van der Waals surface area contributed by atoms with E-state index in [2.05, 4.69) is 5.32 Å². The molecule has 0 saturated heterocycles. The summed E-state index contributed by atoms with van der Waals surface area (Å²) in [5.41, 5.74) is 9.39. The highest BCUT2D eigenvalue weighted by Crippen LogP contribution is 2.27. The molecule has 25 heavy (non-hydrogen) atoms. The fourth-order valence-electron chi connectivity index (χ4n) is 2.90. The van der Waals surface area contributed by atoms with Gasteiger partial charge in [0.05, 0.1) is 6.04 Å². The van der Waals surface area contributed by atoms with Crippen LogP contribution in [0.15, 0.2) is 72.8 Å². The quantitative estimate of drug-likeness (QED) is 0.643. The molecular weight excluding hydrogens is 318 g/mol. The lowest BCUT2D eigenvalue weighted by atomic mass is 9.96. The Hall–Kier alpha value is -2.72. The van der Waals surface area contributed by atoms with E-state index in [0.29, 0.717) is 11.3 Å². The lowest BCUT2D eigenvalue weighted by Crippen LogP contribution is -2.26.